The van der Waals surface area contributed by atoms with Crippen molar-refractivity contribution >= 4 is 40.2 Å². The molecule has 0 bridgehead atoms. The average Bonchev–Trinajstić information content (AvgIpc) is 2.84. The number of carbonyl (C=O) groups is 2. The van der Waals surface area contributed by atoms with Crippen LogP contribution in [0.5, 0.6) is 5.75 Å². The van der Waals surface area contributed by atoms with E-state index in [0.29, 0.717) is 29.8 Å². The highest BCUT2D eigenvalue weighted by Crippen LogP contribution is 2.46. The zero-order valence-corrected chi connectivity index (χ0v) is 20.2. The molecule has 34 heavy (non-hydrogen) atoms. The van der Waals surface area contributed by atoms with Gasteiger partial charge in [-0.2, -0.15) is 0 Å². The fourth-order valence-corrected chi connectivity index (χ4v) is 4.34. The molecule has 3 atom stereocenters. The predicted molar refractivity (Wildman–Crippen MR) is 132 cm³/mol. The smallest absolute Gasteiger partial charge is 0.321 e. The first-order valence-electron chi connectivity index (χ1n) is 10.8. The van der Waals surface area contributed by atoms with Gasteiger partial charge in [0.15, 0.2) is 0 Å². The Kier molecular flexibility index (Phi) is 7.57. The second-order valence-corrected chi connectivity index (χ2v) is 8.82. The van der Waals surface area contributed by atoms with Crippen molar-refractivity contribution in [2.24, 2.45) is 5.92 Å². The van der Waals surface area contributed by atoms with Gasteiger partial charge in [-0.1, -0.05) is 46.9 Å². The van der Waals surface area contributed by atoms with Gasteiger partial charge in [-0.3, -0.25) is 9.59 Å². The van der Waals surface area contributed by atoms with E-state index in [2.05, 4.69) is 0 Å². The lowest BCUT2D eigenvalue weighted by atomic mass is 9.78. The highest BCUT2D eigenvalue weighted by atomic mass is 127. The molecule has 8 heteroatoms. The Bertz CT molecular complexity index is 1150. The number of hydrogen-bond acceptors (Lipinski definition) is 4. The fourth-order valence-electron chi connectivity index (χ4n) is 4.18. The summed E-state index contributed by atoms with van der Waals surface area (Å²) in [7, 11) is 0. The van der Waals surface area contributed by atoms with E-state index in [1.54, 1.807) is 41.3 Å². The van der Waals surface area contributed by atoms with Gasteiger partial charge >= 0.3 is 5.97 Å². The van der Waals surface area contributed by atoms with Crippen LogP contribution in [0.4, 0.5) is 14.5 Å². The van der Waals surface area contributed by atoms with E-state index in [0.717, 1.165) is 5.56 Å². The van der Waals surface area contributed by atoms with Crippen LogP contribution in [0.15, 0.2) is 72.8 Å². The van der Waals surface area contributed by atoms with Gasteiger partial charge in [-0.05, 0) is 72.5 Å². The third-order valence-electron chi connectivity index (χ3n) is 5.89. The van der Waals surface area contributed by atoms with E-state index in [1.165, 1.54) is 36.4 Å². The molecule has 1 heterocycles. The van der Waals surface area contributed by atoms with E-state index in [9.17, 15) is 23.5 Å². The van der Waals surface area contributed by atoms with Crippen molar-refractivity contribution in [1.29, 1.82) is 0 Å². The first kappa shape index (κ1) is 24.3. The van der Waals surface area contributed by atoms with E-state index < -0.39 is 17.8 Å². The summed E-state index contributed by atoms with van der Waals surface area (Å²) in [5, 5.41) is 10.5. The maximum atomic E-state index is 13.4. The number of amides is 1. The molecule has 5 nitrogen and oxygen atoms in total. The second kappa shape index (κ2) is 10.6. The minimum atomic E-state index is -0.830. The number of hydrogen-bond donors (Lipinski definition) is 1. The summed E-state index contributed by atoms with van der Waals surface area (Å²) in [6.45, 7) is 0. The van der Waals surface area contributed by atoms with Gasteiger partial charge in [-0.25, -0.2) is 8.78 Å². The number of rotatable bonds is 8. The summed E-state index contributed by atoms with van der Waals surface area (Å²) < 4.78 is 32.1. The van der Waals surface area contributed by atoms with Crippen LogP contribution in [0.3, 0.4) is 0 Å². The van der Waals surface area contributed by atoms with Crippen molar-refractivity contribution in [3.8, 4) is 5.75 Å². The maximum absolute atomic E-state index is 13.4. The number of benzene rings is 3. The van der Waals surface area contributed by atoms with Crippen LogP contribution in [-0.4, -0.2) is 21.4 Å². The number of esters is 1. The number of nitrogens with zero attached hydrogens (tertiary/aromatic N) is 1. The zero-order chi connectivity index (χ0) is 24.2. The lowest BCUT2D eigenvalue weighted by Gasteiger charge is -2.48. The average molecular weight is 577 g/mol. The van der Waals surface area contributed by atoms with Gasteiger partial charge in [0, 0.05) is 5.69 Å². The Hall–Kier alpha value is -2.85. The quantitative estimate of drug-likeness (QED) is 0.126. The topological polar surface area (TPSA) is 66.8 Å². The Morgan fingerprint density at radius 3 is 2.15 bits per heavy atom. The minimum Gasteiger partial charge on any atom is -0.426 e. The van der Waals surface area contributed by atoms with Crippen molar-refractivity contribution < 1.29 is 28.2 Å². The van der Waals surface area contributed by atoms with E-state index >= 15 is 0 Å². The van der Waals surface area contributed by atoms with Crippen molar-refractivity contribution in [2.75, 3.05) is 9.33 Å². The number of aliphatic hydroxyl groups excluding tert-OH is 1. The highest BCUT2D eigenvalue weighted by molar-refractivity contribution is 14.1. The van der Waals surface area contributed by atoms with Crippen LogP contribution < -0.4 is 9.64 Å². The third-order valence-corrected chi connectivity index (χ3v) is 6.51. The van der Waals surface area contributed by atoms with Gasteiger partial charge in [0.25, 0.3) is 0 Å². The van der Waals surface area contributed by atoms with Gasteiger partial charge in [0.2, 0.25) is 5.91 Å². The molecule has 3 aromatic rings. The number of halogens is 3. The summed E-state index contributed by atoms with van der Waals surface area (Å²) >= 11 is 1.92. The fraction of sp³-hybridized carbons (Fsp3) is 0.231. The summed E-state index contributed by atoms with van der Waals surface area (Å²) in [5.74, 6) is -1.24. The van der Waals surface area contributed by atoms with E-state index in [4.69, 9.17) is 4.74 Å². The number of alkyl halides is 1. The molecule has 0 aliphatic carbocycles. The molecule has 0 unspecified atom stereocenters. The molecule has 4 rings (SSSR count). The second-order valence-electron chi connectivity index (χ2n) is 8.06. The van der Waals surface area contributed by atoms with Crippen molar-refractivity contribution in [3.05, 3.63) is 95.6 Å². The lowest BCUT2D eigenvalue weighted by Crippen LogP contribution is -2.55. The molecule has 0 saturated carbocycles. The molecular formula is C26H22F2INO4. The van der Waals surface area contributed by atoms with Crippen LogP contribution in [0.25, 0.3) is 0 Å². The number of β-lactam (4-membered cyclic amide) rings is 1. The molecule has 0 radical (unpaired) electrons. The van der Waals surface area contributed by atoms with Crippen LogP contribution >= 0.6 is 22.6 Å². The molecule has 1 N–H and O–H groups in total. The Balaban J connectivity index is 1.54. The van der Waals surface area contributed by atoms with Gasteiger partial charge in [0.05, 0.1) is 22.5 Å². The Labute approximate surface area is 209 Å². The van der Waals surface area contributed by atoms with Crippen LogP contribution in [0.2, 0.25) is 0 Å². The largest absolute Gasteiger partial charge is 0.426 e. The molecule has 1 saturated heterocycles. The third kappa shape index (κ3) is 5.28. The lowest BCUT2D eigenvalue weighted by molar-refractivity contribution is -0.131. The molecular weight excluding hydrogens is 555 g/mol. The summed E-state index contributed by atoms with van der Waals surface area (Å²) in [5.41, 5.74) is 1.99. The van der Waals surface area contributed by atoms with Crippen molar-refractivity contribution in [1.82, 2.24) is 0 Å². The molecule has 1 amide bonds. The zero-order valence-electron chi connectivity index (χ0n) is 18.0. The molecule has 176 valence electrons. The van der Waals surface area contributed by atoms with Gasteiger partial charge < -0.3 is 14.7 Å². The monoisotopic (exact) mass is 577 g/mol. The predicted octanol–water partition coefficient (Wildman–Crippen LogP) is 5.52. The summed E-state index contributed by atoms with van der Waals surface area (Å²) in [4.78, 5) is 26.3. The van der Waals surface area contributed by atoms with E-state index in [1.807, 2.05) is 22.6 Å². The normalized spacial score (nSPS) is 18.4. The molecule has 3 aromatic carbocycles. The van der Waals surface area contributed by atoms with Crippen molar-refractivity contribution in [2.45, 2.75) is 25.0 Å². The minimum absolute atomic E-state index is 0.122. The van der Waals surface area contributed by atoms with Gasteiger partial charge in [-0.15, -0.1) is 0 Å². The maximum Gasteiger partial charge on any atom is 0.321 e. The molecule has 0 spiro atoms. The first-order valence-corrected chi connectivity index (χ1v) is 12.3. The standard InChI is InChI=1S/C26H22F2INO4/c27-18-5-1-16(2-6-18)23(31)14-13-22-25(17-3-11-21(12-4-17)34-24(32)15-29)30(26(22)33)20-9-7-19(28)8-10-20/h1-12,22-23,25,31H,13-15H2/t22-,23+,25-/m1/s1. The molecule has 1 aliphatic heterocycles. The summed E-state index contributed by atoms with van der Waals surface area (Å²) in [6.07, 6.45) is -0.101. The Morgan fingerprint density at radius 1 is 0.971 bits per heavy atom. The number of ether oxygens (including phenoxy) is 1. The first-order chi connectivity index (χ1) is 16.4. The highest BCUT2D eigenvalue weighted by Gasteiger charge is 2.48. The SMILES string of the molecule is O=C(CI)Oc1ccc([C@@H]2[C@@H](CC[C@H](O)c3ccc(F)cc3)C(=O)N2c2ccc(F)cc2)cc1. The van der Waals surface area contributed by atoms with Gasteiger partial charge in [0.1, 0.15) is 17.4 Å². The van der Waals surface area contributed by atoms with Crippen LogP contribution in [0.1, 0.15) is 36.1 Å². The molecule has 1 aliphatic rings. The number of aliphatic hydroxyl groups is 1. The molecule has 1 fully saturated rings. The van der Waals surface area contributed by atoms with Crippen molar-refractivity contribution in [3.63, 3.8) is 0 Å². The summed E-state index contributed by atoms with van der Waals surface area (Å²) in [6, 6.07) is 18.0. The number of carbonyl (C=O) groups excluding carboxylic acids is 2. The van der Waals surface area contributed by atoms with E-state index in [-0.39, 0.29) is 28.2 Å². The van der Waals surface area contributed by atoms with Crippen LogP contribution in [0, 0.1) is 17.6 Å². The Morgan fingerprint density at radius 2 is 1.56 bits per heavy atom. The number of anilines is 1. The van der Waals surface area contributed by atoms with Crippen LogP contribution in [-0.2, 0) is 9.59 Å². The molecule has 0 aromatic heterocycles.